The topological polar surface area (TPSA) is 82.4 Å². The van der Waals surface area contributed by atoms with Gasteiger partial charge in [0.25, 0.3) is 5.56 Å². The first-order chi connectivity index (χ1) is 17.3. The summed E-state index contributed by atoms with van der Waals surface area (Å²) in [4.78, 5) is 33.9. The summed E-state index contributed by atoms with van der Waals surface area (Å²) in [5.74, 6) is 0.757. The van der Waals surface area contributed by atoms with E-state index in [0.29, 0.717) is 32.1 Å². The van der Waals surface area contributed by atoms with Gasteiger partial charge in [0.05, 0.1) is 42.7 Å². The van der Waals surface area contributed by atoms with Crippen LogP contribution in [0.1, 0.15) is 31.0 Å². The highest BCUT2D eigenvalue weighted by Gasteiger charge is 2.33. The molecule has 1 aliphatic heterocycles. The molecule has 0 amide bonds. The quantitative estimate of drug-likeness (QED) is 0.458. The Balaban J connectivity index is 1.93. The summed E-state index contributed by atoms with van der Waals surface area (Å²) < 4.78 is 18.2. The van der Waals surface area contributed by atoms with Gasteiger partial charge in [-0.1, -0.05) is 23.5 Å². The van der Waals surface area contributed by atoms with Crippen molar-refractivity contribution in [1.82, 2.24) is 4.57 Å². The third-order valence-corrected chi connectivity index (χ3v) is 6.95. The van der Waals surface area contributed by atoms with Gasteiger partial charge in [0.1, 0.15) is 11.5 Å². The van der Waals surface area contributed by atoms with Gasteiger partial charge in [-0.2, -0.15) is 0 Å². The minimum Gasteiger partial charge on any atom is -0.497 e. The lowest BCUT2D eigenvalue weighted by Crippen LogP contribution is -2.40. The van der Waals surface area contributed by atoms with Gasteiger partial charge >= 0.3 is 5.97 Å². The Labute approximate surface area is 213 Å². The van der Waals surface area contributed by atoms with Crippen molar-refractivity contribution in [2.75, 3.05) is 39.8 Å². The van der Waals surface area contributed by atoms with Gasteiger partial charge in [-0.15, -0.1) is 0 Å². The summed E-state index contributed by atoms with van der Waals surface area (Å²) in [6.45, 7) is 3.76. The maximum absolute atomic E-state index is 13.8. The number of rotatable bonds is 7. The first kappa shape index (κ1) is 25.2. The number of esters is 1. The number of hydrogen-bond acceptors (Lipinski definition) is 8. The van der Waals surface area contributed by atoms with E-state index in [-0.39, 0.29) is 12.2 Å². The van der Waals surface area contributed by atoms with Crippen LogP contribution < -0.4 is 29.3 Å². The fourth-order valence-electron chi connectivity index (χ4n) is 4.14. The Kier molecular flexibility index (Phi) is 7.30. The van der Waals surface area contributed by atoms with Crippen LogP contribution in [0.4, 0.5) is 5.69 Å². The van der Waals surface area contributed by atoms with Crippen LogP contribution in [0.5, 0.6) is 11.5 Å². The molecular weight excluding hydrogens is 478 g/mol. The lowest BCUT2D eigenvalue weighted by molar-refractivity contribution is -0.139. The van der Waals surface area contributed by atoms with Gasteiger partial charge in [0.2, 0.25) is 0 Å². The van der Waals surface area contributed by atoms with E-state index in [9.17, 15) is 9.59 Å². The molecule has 0 spiro atoms. The van der Waals surface area contributed by atoms with Crippen molar-refractivity contribution in [2.24, 2.45) is 4.99 Å². The monoisotopic (exact) mass is 507 g/mol. The fraction of sp³-hybridized carbons (Fsp3) is 0.296. The van der Waals surface area contributed by atoms with Gasteiger partial charge in [-0.25, -0.2) is 9.79 Å². The Morgan fingerprint density at radius 3 is 2.47 bits per heavy atom. The predicted octanol–water partition coefficient (Wildman–Crippen LogP) is 2.88. The average molecular weight is 508 g/mol. The number of benzene rings is 2. The Bertz CT molecular complexity index is 1500. The molecular formula is C27H29N3O5S. The maximum Gasteiger partial charge on any atom is 0.338 e. The third-order valence-electron chi connectivity index (χ3n) is 5.97. The standard InChI is InChI=1S/C27H29N3O5S/c1-7-35-26(32)23-16(2)28-27-30(24(23)17-8-11-19(12-9-17)29(3)4)25(31)22(36-27)14-18-10-13-20(33-5)15-21(18)34-6/h8-15,24H,7H2,1-6H3/b22-14-. The molecule has 188 valence electrons. The SMILES string of the molecule is CCOC(=O)C1=C(C)N=c2s/c(=C\c3ccc(OC)cc3OC)c(=O)n2C1c1ccc(N(C)C)cc1. The largest absolute Gasteiger partial charge is 0.497 e. The molecule has 0 saturated heterocycles. The number of ether oxygens (including phenoxy) is 3. The molecule has 8 nitrogen and oxygen atoms in total. The van der Waals surface area contributed by atoms with Crippen LogP contribution in [0.2, 0.25) is 0 Å². The Hall–Kier alpha value is -3.85. The van der Waals surface area contributed by atoms with Gasteiger partial charge in [0, 0.05) is 31.4 Å². The number of thiazole rings is 1. The molecule has 2 aromatic carbocycles. The Morgan fingerprint density at radius 1 is 1.14 bits per heavy atom. The molecule has 0 aliphatic carbocycles. The molecule has 1 unspecified atom stereocenters. The number of methoxy groups -OCH3 is 2. The first-order valence-corrected chi connectivity index (χ1v) is 12.3. The van der Waals surface area contributed by atoms with Crippen molar-refractivity contribution >= 4 is 29.1 Å². The number of carbonyl (C=O) groups excluding carboxylic acids is 1. The van der Waals surface area contributed by atoms with Gasteiger partial charge < -0.3 is 19.1 Å². The van der Waals surface area contributed by atoms with Crippen molar-refractivity contribution in [1.29, 1.82) is 0 Å². The molecule has 3 aromatic rings. The zero-order chi connectivity index (χ0) is 26.0. The van der Waals surface area contributed by atoms with E-state index < -0.39 is 12.0 Å². The van der Waals surface area contributed by atoms with Crippen LogP contribution in [-0.4, -0.2) is 45.5 Å². The lowest BCUT2D eigenvalue weighted by atomic mass is 9.95. The summed E-state index contributed by atoms with van der Waals surface area (Å²) in [7, 11) is 7.07. The van der Waals surface area contributed by atoms with Crippen LogP contribution >= 0.6 is 11.3 Å². The smallest absolute Gasteiger partial charge is 0.338 e. The number of fused-ring (bicyclic) bond motifs is 1. The summed E-state index contributed by atoms with van der Waals surface area (Å²) in [5, 5.41) is 0. The second-order valence-electron chi connectivity index (χ2n) is 8.40. The number of nitrogens with zero attached hydrogens (tertiary/aromatic N) is 3. The second kappa shape index (κ2) is 10.4. The number of hydrogen-bond donors (Lipinski definition) is 0. The number of allylic oxidation sites excluding steroid dienone is 1. The molecule has 0 fully saturated rings. The number of anilines is 1. The van der Waals surface area contributed by atoms with E-state index in [1.54, 1.807) is 44.8 Å². The van der Waals surface area contributed by atoms with E-state index in [2.05, 4.69) is 4.99 Å². The van der Waals surface area contributed by atoms with Crippen molar-refractivity contribution in [3.63, 3.8) is 0 Å². The molecule has 9 heteroatoms. The van der Waals surface area contributed by atoms with E-state index in [1.165, 1.54) is 11.3 Å². The minimum atomic E-state index is -0.656. The average Bonchev–Trinajstić information content (AvgIpc) is 3.17. The zero-order valence-corrected chi connectivity index (χ0v) is 22.0. The maximum atomic E-state index is 13.8. The molecule has 1 atom stereocenters. The van der Waals surface area contributed by atoms with Crippen LogP contribution in [0.3, 0.4) is 0 Å². The highest BCUT2D eigenvalue weighted by molar-refractivity contribution is 7.07. The summed E-state index contributed by atoms with van der Waals surface area (Å²) in [5.41, 5.74) is 3.19. The first-order valence-electron chi connectivity index (χ1n) is 11.5. The molecule has 2 heterocycles. The number of carbonyl (C=O) groups is 1. The molecule has 1 aliphatic rings. The van der Waals surface area contributed by atoms with Gasteiger partial charge in [-0.3, -0.25) is 9.36 Å². The van der Waals surface area contributed by atoms with E-state index >= 15 is 0 Å². The molecule has 4 rings (SSSR count). The third kappa shape index (κ3) is 4.66. The van der Waals surface area contributed by atoms with E-state index in [0.717, 1.165) is 16.8 Å². The number of aromatic nitrogens is 1. The Morgan fingerprint density at radius 2 is 1.86 bits per heavy atom. The van der Waals surface area contributed by atoms with Gasteiger partial charge in [0.15, 0.2) is 4.80 Å². The normalized spacial score (nSPS) is 15.3. The van der Waals surface area contributed by atoms with Crippen LogP contribution in [0.15, 0.2) is 63.5 Å². The van der Waals surface area contributed by atoms with Crippen LogP contribution in [0.25, 0.3) is 6.08 Å². The highest BCUT2D eigenvalue weighted by Crippen LogP contribution is 2.32. The molecule has 0 N–H and O–H groups in total. The molecule has 0 saturated carbocycles. The van der Waals surface area contributed by atoms with Crippen molar-refractivity contribution in [3.8, 4) is 11.5 Å². The van der Waals surface area contributed by atoms with Crippen LogP contribution in [0, 0.1) is 0 Å². The molecule has 1 aromatic heterocycles. The molecule has 36 heavy (non-hydrogen) atoms. The van der Waals surface area contributed by atoms with Crippen molar-refractivity contribution in [2.45, 2.75) is 19.9 Å². The minimum absolute atomic E-state index is 0.226. The van der Waals surface area contributed by atoms with Crippen molar-refractivity contribution < 1.29 is 19.0 Å². The molecule has 0 bridgehead atoms. The summed E-state index contributed by atoms with van der Waals surface area (Å²) in [6, 6.07) is 12.5. The molecule has 0 radical (unpaired) electrons. The lowest BCUT2D eigenvalue weighted by Gasteiger charge is -2.25. The fourth-order valence-corrected chi connectivity index (χ4v) is 5.18. The van der Waals surface area contributed by atoms with Crippen molar-refractivity contribution in [3.05, 3.63) is 84.5 Å². The van der Waals surface area contributed by atoms with Gasteiger partial charge in [-0.05, 0) is 49.8 Å². The second-order valence-corrected chi connectivity index (χ2v) is 9.41. The predicted molar refractivity (Wildman–Crippen MR) is 141 cm³/mol. The zero-order valence-electron chi connectivity index (χ0n) is 21.2. The van der Waals surface area contributed by atoms with E-state index in [4.69, 9.17) is 14.2 Å². The summed E-state index contributed by atoms with van der Waals surface area (Å²) >= 11 is 1.27. The van der Waals surface area contributed by atoms with E-state index in [1.807, 2.05) is 55.4 Å². The van der Waals surface area contributed by atoms with Crippen LogP contribution in [-0.2, 0) is 9.53 Å². The summed E-state index contributed by atoms with van der Waals surface area (Å²) in [6.07, 6.45) is 1.78. The highest BCUT2D eigenvalue weighted by atomic mass is 32.1.